The number of hydroxylamine groups is 1. The Labute approximate surface area is 205 Å². The van der Waals surface area contributed by atoms with Crippen molar-refractivity contribution in [3.05, 3.63) is 84.2 Å². The molecule has 3 aromatic rings. The second kappa shape index (κ2) is 11.3. The molecular weight excluding hydrogens is 440 g/mol. The van der Waals surface area contributed by atoms with Crippen LogP contribution in [0.3, 0.4) is 0 Å². The first-order valence-electron chi connectivity index (χ1n) is 11.8. The normalized spacial score (nSPS) is 15.1. The second-order valence-electron chi connectivity index (χ2n) is 8.82. The maximum atomic E-state index is 13.0. The van der Waals surface area contributed by atoms with E-state index in [1.807, 2.05) is 35.4 Å². The summed E-state index contributed by atoms with van der Waals surface area (Å²) in [5.74, 6) is 0.363. The number of aromatic nitrogens is 2. The van der Waals surface area contributed by atoms with Gasteiger partial charge in [0, 0.05) is 48.3 Å². The largest absolute Gasteiger partial charge is 0.391 e. The minimum atomic E-state index is 0.0136. The molecule has 0 saturated carbocycles. The van der Waals surface area contributed by atoms with Gasteiger partial charge in [0.15, 0.2) is 0 Å². The summed E-state index contributed by atoms with van der Waals surface area (Å²) in [5.41, 5.74) is 6.69. The average molecular weight is 471 g/mol. The molecule has 0 spiro atoms. The van der Waals surface area contributed by atoms with E-state index in [0.717, 1.165) is 35.1 Å². The second-order valence-corrected chi connectivity index (χ2v) is 8.82. The van der Waals surface area contributed by atoms with Crippen LogP contribution in [0.1, 0.15) is 54.4 Å². The zero-order valence-corrected chi connectivity index (χ0v) is 20.0. The molecule has 5 rings (SSSR count). The van der Waals surface area contributed by atoms with Crippen LogP contribution in [0.2, 0.25) is 0 Å². The van der Waals surface area contributed by atoms with Crippen molar-refractivity contribution in [2.45, 2.75) is 38.6 Å². The Bertz CT molecular complexity index is 1250. The van der Waals surface area contributed by atoms with Gasteiger partial charge in [-0.05, 0) is 69.2 Å². The van der Waals surface area contributed by atoms with Crippen molar-refractivity contribution < 1.29 is 9.63 Å². The molecule has 0 aliphatic carbocycles. The number of allylic oxidation sites excluding steroid dienone is 2. The van der Waals surface area contributed by atoms with Gasteiger partial charge in [-0.1, -0.05) is 6.07 Å². The number of hydrogen-bond acceptors (Lipinski definition) is 6. The van der Waals surface area contributed by atoms with Crippen molar-refractivity contribution >= 4 is 22.5 Å². The number of carbonyl (C=O) groups is 1. The number of pyridine rings is 1. The SMILES string of the molecule is C1=CNOC=C1.CC(C)Nc1cccnc1C1CCN(C(=O)c2cc3ccc(C#N)cc3[nH]2)CC1. The highest BCUT2D eigenvalue weighted by molar-refractivity contribution is 5.98. The standard InChI is InChI=1S/C23H25N5O.C4H5NO/c1-15(2)26-19-4-3-9-25-22(19)17-7-10-28(11-8-17)23(29)21-13-18-6-5-16(14-24)12-20(18)27-21;1-2-4-6-5-3-1/h3-6,9,12-13,15,17,26-27H,7-8,10-11H2,1-2H3;1-5H. The number of hydrogen-bond donors (Lipinski definition) is 3. The first-order chi connectivity index (χ1) is 17.0. The van der Waals surface area contributed by atoms with Gasteiger partial charge in [0.2, 0.25) is 0 Å². The Morgan fingerprint density at radius 1 is 1.23 bits per heavy atom. The van der Waals surface area contributed by atoms with Crippen LogP contribution in [-0.2, 0) is 4.84 Å². The van der Waals surface area contributed by atoms with E-state index in [4.69, 9.17) is 5.26 Å². The molecule has 1 saturated heterocycles. The summed E-state index contributed by atoms with van der Waals surface area (Å²) in [7, 11) is 0. The molecule has 8 heteroatoms. The van der Waals surface area contributed by atoms with E-state index in [1.165, 1.54) is 0 Å². The van der Waals surface area contributed by atoms with Crippen LogP contribution in [-0.4, -0.2) is 39.9 Å². The van der Waals surface area contributed by atoms with Gasteiger partial charge in [0.05, 0.1) is 23.0 Å². The Morgan fingerprint density at radius 2 is 2.06 bits per heavy atom. The number of anilines is 1. The number of nitriles is 1. The highest BCUT2D eigenvalue weighted by Crippen LogP contribution is 2.32. The molecule has 2 aliphatic heterocycles. The fourth-order valence-electron chi connectivity index (χ4n) is 4.27. The number of likely N-dealkylation sites (tertiary alicyclic amines) is 1. The fourth-order valence-corrected chi connectivity index (χ4v) is 4.27. The molecule has 35 heavy (non-hydrogen) atoms. The summed E-state index contributed by atoms with van der Waals surface area (Å²) in [6.45, 7) is 5.66. The van der Waals surface area contributed by atoms with E-state index < -0.39 is 0 Å². The van der Waals surface area contributed by atoms with E-state index >= 15 is 0 Å². The molecule has 1 amide bonds. The van der Waals surface area contributed by atoms with Crippen LogP contribution in [0.5, 0.6) is 0 Å². The minimum absolute atomic E-state index is 0.0136. The molecule has 2 aromatic heterocycles. The Morgan fingerprint density at radius 3 is 2.69 bits per heavy atom. The predicted octanol–water partition coefficient (Wildman–Crippen LogP) is 4.82. The number of carbonyl (C=O) groups excluding carboxylic acids is 1. The number of piperidine rings is 1. The molecule has 8 nitrogen and oxygen atoms in total. The Kier molecular flexibility index (Phi) is 7.68. The average Bonchev–Trinajstić information content (AvgIpc) is 3.33. The quantitative estimate of drug-likeness (QED) is 0.505. The summed E-state index contributed by atoms with van der Waals surface area (Å²) < 4.78 is 0. The highest BCUT2D eigenvalue weighted by Gasteiger charge is 2.27. The van der Waals surface area contributed by atoms with Crippen molar-refractivity contribution in [1.29, 1.82) is 5.26 Å². The van der Waals surface area contributed by atoms with E-state index in [9.17, 15) is 4.79 Å². The van der Waals surface area contributed by atoms with E-state index in [-0.39, 0.29) is 5.91 Å². The zero-order valence-electron chi connectivity index (χ0n) is 20.0. The molecule has 0 bridgehead atoms. The lowest BCUT2D eigenvalue weighted by Crippen LogP contribution is -2.38. The summed E-state index contributed by atoms with van der Waals surface area (Å²) >= 11 is 0. The van der Waals surface area contributed by atoms with Gasteiger partial charge >= 0.3 is 0 Å². The molecule has 0 atom stereocenters. The first-order valence-corrected chi connectivity index (χ1v) is 11.8. The fraction of sp³-hybridized carbons (Fsp3) is 0.296. The number of aromatic amines is 1. The number of H-pyrrole nitrogens is 1. The topological polar surface area (TPSA) is 106 Å². The molecular formula is C27H30N6O2. The smallest absolute Gasteiger partial charge is 0.270 e. The van der Waals surface area contributed by atoms with Crippen LogP contribution in [0.15, 0.2) is 67.2 Å². The number of rotatable bonds is 4. The summed E-state index contributed by atoms with van der Waals surface area (Å²) in [4.78, 5) is 27.2. The number of nitrogens with zero attached hydrogens (tertiary/aromatic N) is 3. The van der Waals surface area contributed by atoms with Gasteiger partial charge in [0.25, 0.3) is 5.91 Å². The van der Waals surface area contributed by atoms with Gasteiger partial charge in [-0.3, -0.25) is 9.78 Å². The maximum Gasteiger partial charge on any atom is 0.270 e. The first kappa shape index (κ1) is 23.9. The highest BCUT2D eigenvalue weighted by atomic mass is 16.6. The predicted molar refractivity (Wildman–Crippen MR) is 136 cm³/mol. The molecule has 0 radical (unpaired) electrons. The monoisotopic (exact) mass is 470 g/mol. The van der Waals surface area contributed by atoms with Crippen LogP contribution in [0, 0.1) is 11.3 Å². The molecule has 4 heterocycles. The summed E-state index contributed by atoms with van der Waals surface area (Å²) in [6, 6.07) is 13.8. The minimum Gasteiger partial charge on any atom is -0.391 e. The third-order valence-corrected chi connectivity index (χ3v) is 5.92. The lowest BCUT2D eigenvalue weighted by atomic mass is 9.91. The number of nitrogens with one attached hydrogen (secondary N) is 3. The number of amides is 1. The van der Waals surface area contributed by atoms with Gasteiger partial charge < -0.3 is 20.0 Å². The third-order valence-electron chi connectivity index (χ3n) is 5.92. The van der Waals surface area contributed by atoms with Crippen LogP contribution in [0.4, 0.5) is 5.69 Å². The molecule has 0 unspecified atom stereocenters. The molecule has 1 fully saturated rings. The Balaban J connectivity index is 0.000000421. The van der Waals surface area contributed by atoms with Crippen molar-refractivity contribution in [2.75, 3.05) is 18.4 Å². The molecule has 1 aromatic carbocycles. The van der Waals surface area contributed by atoms with E-state index in [1.54, 1.807) is 30.7 Å². The van der Waals surface area contributed by atoms with Gasteiger partial charge in [-0.25, -0.2) is 5.48 Å². The summed E-state index contributed by atoms with van der Waals surface area (Å²) in [6.07, 6.45) is 10.6. The number of benzene rings is 1. The lowest BCUT2D eigenvalue weighted by molar-refractivity contribution is 0.0707. The van der Waals surface area contributed by atoms with Crippen molar-refractivity contribution in [3.8, 4) is 6.07 Å². The molecule has 180 valence electrons. The van der Waals surface area contributed by atoms with E-state index in [2.05, 4.69) is 51.6 Å². The van der Waals surface area contributed by atoms with Gasteiger partial charge in [-0.2, -0.15) is 5.26 Å². The third kappa shape index (κ3) is 6.01. The van der Waals surface area contributed by atoms with Crippen LogP contribution in [0.25, 0.3) is 10.9 Å². The van der Waals surface area contributed by atoms with Gasteiger partial charge in [0.1, 0.15) is 12.0 Å². The molecule has 3 N–H and O–H groups in total. The van der Waals surface area contributed by atoms with Crippen molar-refractivity contribution in [1.82, 2.24) is 20.3 Å². The van der Waals surface area contributed by atoms with E-state index in [0.29, 0.717) is 36.3 Å². The molecule has 2 aliphatic rings. The zero-order chi connectivity index (χ0) is 24.6. The van der Waals surface area contributed by atoms with Crippen molar-refractivity contribution in [3.63, 3.8) is 0 Å². The van der Waals surface area contributed by atoms with Crippen molar-refractivity contribution in [2.24, 2.45) is 0 Å². The van der Waals surface area contributed by atoms with Crippen LogP contribution < -0.4 is 10.8 Å². The van der Waals surface area contributed by atoms with Crippen LogP contribution >= 0.6 is 0 Å². The number of fused-ring (bicyclic) bond motifs is 1. The lowest BCUT2D eigenvalue weighted by Gasteiger charge is -2.32. The summed E-state index contributed by atoms with van der Waals surface area (Å²) in [5, 5.41) is 13.5. The Hall–Kier alpha value is -4.25. The van der Waals surface area contributed by atoms with Gasteiger partial charge in [-0.15, -0.1) is 0 Å². The maximum absolute atomic E-state index is 13.0.